The first-order valence-electron chi connectivity index (χ1n) is 9.31. The van der Waals surface area contributed by atoms with Crippen LogP contribution in [0.4, 0.5) is 5.69 Å². The average molecular weight is 330 g/mol. The van der Waals surface area contributed by atoms with Gasteiger partial charge in [0.1, 0.15) is 5.54 Å². The standard InChI is InChI=1S/C20H30N2O2/c1-16(2)17-8-12-22(13-9-17)19(23)20(10-14-24-15-11-20)21-18-6-4-3-5-7-18/h3-7,16-17,21H,8-15H2,1-2H3. The predicted molar refractivity (Wildman–Crippen MR) is 97.0 cm³/mol. The van der Waals surface area contributed by atoms with Gasteiger partial charge in [-0.2, -0.15) is 0 Å². The minimum atomic E-state index is -0.510. The molecule has 2 fully saturated rings. The van der Waals surface area contributed by atoms with Crippen LogP contribution >= 0.6 is 0 Å². The van der Waals surface area contributed by atoms with Crippen LogP contribution in [0.3, 0.4) is 0 Å². The summed E-state index contributed by atoms with van der Waals surface area (Å²) in [5, 5.41) is 3.55. The van der Waals surface area contributed by atoms with Crippen molar-refractivity contribution in [2.45, 2.75) is 45.1 Å². The Hall–Kier alpha value is -1.55. The molecule has 24 heavy (non-hydrogen) atoms. The molecule has 2 aliphatic heterocycles. The van der Waals surface area contributed by atoms with Crippen molar-refractivity contribution in [2.24, 2.45) is 11.8 Å². The van der Waals surface area contributed by atoms with Crippen LogP contribution in [0.25, 0.3) is 0 Å². The third-order valence-electron chi connectivity index (χ3n) is 5.68. The highest BCUT2D eigenvalue weighted by atomic mass is 16.5. The number of anilines is 1. The molecule has 0 aromatic heterocycles. The minimum absolute atomic E-state index is 0.261. The summed E-state index contributed by atoms with van der Waals surface area (Å²) >= 11 is 0. The Kier molecular flexibility index (Phi) is 5.44. The summed E-state index contributed by atoms with van der Waals surface area (Å²) in [5.74, 6) is 1.72. The molecular weight excluding hydrogens is 300 g/mol. The zero-order valence-electron chi connectivity index (χ0n) is 15.0. The molecule has 1 N–H and O–H groups in total. The Balaban J connectivity index is 1.72. The normalized spacial score (nSPS) is 21.7. The quantitative estimate of drug-likeness (QED) is 0.918. The molecule has 2 heterocycles. The lowest BCUT2D eigenvalue weighted by Gasteiger charge is -2.43. The number of rotatable bonds is 4. The monoisotopic (exact) mass is 330 g/mol. The van der Waals surface area contributed by atoms with Crippen molar-refractivity contribution >= 4 is 11.6 Å². The highest BCUT2D eigenvalue weighted by Gasteiger charge is 2.43. The first kappa shape index (κ1) is 17.3. The molecule has 1 aromatic rings. The highest BCUT2D eigenvalue weighted by Crippen LogP contribution is 2.31. The van der Waals surface area contributed by atoms with E-state index in [2.05, 4.69) is 24.1 Å². The van der Waals surface area contributed by atoms with Gasteiger partial charge >= 0.3 is 0 Å². The maximum absolute atomic E-state index is 13.4. The molecule has 2 saturated heterocycles. The van der Waals surface area contributed by atoms with E-state index < -0.39 is 5.54 Å². The van der Waals surface area contributed by atoms with Crippen LogP contribution in [0.5, 0.6) is 0 Å². The summed E-state index contributed by atoms with van der Waals surface area (Å²) in [6, 6.07) is 10.1. The number of nitrogens with zero attached hydrogens (tertiary/aromatic N) is 1. The van der Waals surface area contributed by atoms with Gasteiger partial charge in [0.25, 0.3) is 0 Å². The average Bonchev–Trinajstić information content (AvgIpc) is 2.63. The molecule has 132 valence electrons. The van der Waals surface area contributed by atoms with Crippen molar-refractivity contribution in [3.8, 4) is 0 Å². The van der Waals surface area contributed by atoms with Crippen LogP contribution in [0.2, 0.25) is 0 Å². The van der Waals surface area contributed by atoms with Gasteiger partial charge in [0.05, 0.1) is 0 Å². The van der Waals surface area contributed by atoms with Crippen molar-refractivity contribution in [1.29, 1.82) is 0 Å². The van der Waals surface area contributed by atoms with Crippen LogP contribution < -0.4 is 5.32 Å². The number of para-hydroxylation sites is 1. The zero-order chi connectivity index (χ0) is 17.0. The molecule has 0 aliphatic carbocycles. The van der Waals surface area contributed by atoms with Gasteiger partial charge in [-0.15, -0.1) is 0 Å². The van der Waals surface area contributed by atoms with Crippen molar-refractivity contribution in [1.82, 2.24) is 4.90 Å². The largest absolute Gasteiger partial charge is 0.381 e. The summed E-state index contributed by atoms with van der Waals surface area (Å²) in [6.45, 7) is 7.65. The number of carbonyl (C=O) groups is 1. The second-order valence-electron chi connectivity index (χ2n) is 7.56. The van der Waals surface area contributed by atoms with E-state index >= 15 is 0 Å². The van der Waals surface area contributed by atoms with Crippen molar-refractivity contribution in [3.05, 3.63) is 30.3 Å². The third kappa shape index (κ3) is 3.75. The second-order valence-corrected chi connectivity index (χ2v) is 7.56. The fourth-order valence-corrected chi connectivity index (χ4v) is 3.98. The van der Waals surface area contributed by atoms with E-state index in [4.69, 9.17) is 4.74 Å². The van der Waals surface area contributed by atoms with E-state index in [1.54, 1.807) is 0 Å². The number of hydrogen-bond acceptors (Lipinski definition) is 3. The highest BCUT2D eigenvalue weighted by molar-refractivity contribution is 5.89. The zero-order valence-corrected chi connectivity index (χ0v) is 15.0. The van der Waals surface area contributed by atoms with Crippen LogP contribution in [-0.4, -0.2) is 42.6 Å². The van der Waals surface area contributed by atoms with Crippen LogP contribution in [0.1, 0.15) is 39.5 Å². The molecule has 1 aromatic carbocycles. The number of benzene rings is 1. The van der Waals surface area contributed by atoms with Crippen LogP contribution in [-0.2, 0) is 9.53 Å². The van der Waals surface area contributed by atoms with Crippen LogP contribution in [0.15, 0.2) is 30.3 Å². The summed E-state index contributed by atoms with van der Waals surface area (Å²) in [6.07, 6.45) is 3.73. The Morgan fingerprint density at radius 3 is 2.38 bits per heavy atom. The lowest BCUT2D eigenvalue weighted by Crippen LogP contribution is -2.58. The Morgan fingerprint density at radius 1 is 1.17 bits per heavy atom. The Morgan fingerprint density at radius 2 is 1.79 bits per heavy atom. The van der Waals surface area contributed by atoms with E-state index in [1.807, 2.05) is 30.3 Å². The van der Waals surface area contributed by atoms with E-state index in [0.717, 1.165) is 50.4 Å². The van der Waals surface area contributed by atoms with Gasteiger partial charge in [0.15, 0.2) is 0 Å². The number of amides is 1. The fraction of sp³-hybridized carbons (Fsp3) is 0.650. The molecule has 0 unspecified atom stereocenters. The Bertz CT molecular complexity index is 530. The Labute approximate surface area is 145 Å². The van der Waals surface area contributed by atoms with Gasteiger partial charge in [-0.3, -0.25) is 4.79 Å². The van der Waals surface area contributed by atoms with Crippen LogP contribution in [0, 0.1) is 11.8 Å². The summed E-state index contributed by atoms with van der Waals surface area (Å²) in [4.78, 5) is 15.4. The number of ether oxygens (including phenoxy) is 1. The van der Waals surface area contributed by atoms with Gasteiger partial charge in [0, 0.05) is 44.8 Å². The molecule has 0 atom stereocenters. The topological polar surface area (TPSA) is 41.6 Å². The van der Waals surface area contributed by atoms with E-state index in [-0.39, 0.29) is 5.91 Å². The molecule has 0 radical (unpaired) electrons. The molecule has 4 nitrogen and oxygen atoms in total. The fourth-order valence-electron chi connectivity index (χ4n) is 3.98. The van der Waals surface area contributed by atoms with Crippen molar-refractivity contribution in [2.75, 3.05) is 31.6 Å². The second kappa shape index (κ2) is 7.56. The van der Waals surface area contributed by atoms with Gasteiger partial charge in [0.2, 0.25) is 5.91 Å². The molecule has 4 heteroatoms. The van der Waals surface area contributed by atoms with Gasteiger partial charge in [-0.1, -0.05) is 32.0 Å². The smallest absolute Gasteiger partial charge is 0.248 e. The molecular formula is C20H30N2O2. The van der Waals surface area contributed by atoms with Crippen molar-refractivity contribution < 1.29 is 9.53 Å². The third-order valence-corrected chi connectivity index (χ3v) is 5.68. The van der Waals surface area contributed by atoms with E-state index in [1.165, 1.54) is 0 Å². The number of carbonyl (C=O) groups excluding carboxylic acids is 1. The summed E-state index contributed by atoms with van der Waals surface area (Å²) in [7, 11) is 0. The number of nitrogens with one attached hydrogen (secondary N) is 1. The molecule has 2 aliphatic rings. The first-order valence-corrected chi connectivity index (χ1v) is 9.31. The molecule has 0 saturated carbocycles. The molecule has 1 amide bonds. The maximum atomic E-state index is 13.4. The van der Waals surface area contributed by atoms with E-state index in [9.17, 15) is 4.79 Å². The minimum Gasteiger partial charge on any atom is -0.381 e. The predicted octanol–water partition coefficient (Wildman–Crippen LogP) is 3.54. The van der Waals surface area contributed by atoms with E-state index in [0.29, 0.717) is 19.1 Å². The van der Waals surface area contributed by atoms with Gasteiger partial charge < -0.3 is 15.0 Å². The lowest BCUT2D eigenvalue weighted by molar-refractivity contribution is -0.141. The summed E-state index contributed by atoms with van der Waals surface area (Å²) < 4.78 is 5.54. The number of piperidine rings is 1. The number of hydrogen-bond donors (Lipinski definition) is 1. The van der Waals surface area contributed by atoms with Gasteiger partial charge in [-0.05, 0) is 36.8 Å². The molecule has 3 rings (SSSR count). The molecule has 0 spiro atoms. The lowest BCUT2D eigenvalue weighted by atomic mass is 9.84. The molecule has 0 bridgehead atoms. The van der Waals surface area contributed by atoms with Gasteiger partial charge in [-0.25, -0.2) is 0 Å². The summed E-state index contributed by atoms with van der Waals surface area (Å²) in [5.41, 5.74) is 0.509. The SMILES string of the molecule is CC(C)C1CCN(C(=O)C2(Nc3ccccc3)CCOCC2)CC1. The van der Waals surface area contributed by atoms with Crippen molar-refractivity contribution in [3.63, 3.8) is 0 Å². The first-order chi connectivity index (χ1) is 11.6. The maximum Gasteiger partial charge on any atom is 0.248 e. The number of likely N-dealkylation sites (tertiary alicyclic amines) is 1.